The number of alkyl halides is 1. The maximum absolute atomic E-state index is 5.99. The van der Waals surface area contributed by atoms with Gasteiger partial charge in [-0.15, -0.1) is 11.6 Å². The van der Waals surface area contributed by atoms with E-state index in [2.05, 4.69) is 5.32 Å². The van der Waals surface area contributed by atoms with Gasteiger partial charge in [-0.05, 0) is 17.7 Å². The Kier molecular flexibility index (Phi) is 6.23. The van der Waals surface area contributed by atoms with Gasteiger partial charge in [0.15, 0.2) is 0 Å². The Labute approximate surface area is 102 Å². The maximum atomic E-state index is 5.99. The summed E-state index contributed by atoms with van der Waals surface area (Å²) >= 11 is 5.99. The molecule has 1 aromatic carbocycles. The summed E-state index contributed by atoms with van der Waals surface area (Å²) in [5, 5.41) is 3.29. The largest absolute Gasteiger partial charge is 0.497 e. The number of ether oxygens (including phenoxy) is 2. The van der Waals surface area contributed by atoms with E-state index in [1.54, 1.807) is 14.2 Å². The summed E-state index contributed by atoms with van der Waals surface area (Å²) in [6, 6.07) is 7.96. The van der Waals surface area contributed by atoms with Gasteiger partial charge in [0.05, 0.1) is 19.1 Å². The van der Waals surface area contributed by atoms with Gasteiger partial charge in [-0.1, -0.05) is 12.1 Å². The second kappa shape index (κ2) is 7.49. The lowest BCUT2D eigenvalue weighted by molar-refractivity contribution is 0.197. The van der Waals surface area contributed by atoms with Gasteiger partial charge < -0.3 is 14.8 Å². The standard InChI is InChI=1S/C12H18ClNO2/c1-15-9-11(13)8-14-7-10-3-5-12(16-2)6-4-10/h3-6,11,14H,7-9H2,1-2H3. The van der Waals surface area contributed by atoms with Crippen molar-refractivity contribution in [2.75, 3.05) is 27.4 Å². The third-order valence-electron chi connectivity index (χ3n) is 2.20. The van der Waals surface area contributed by atoms with Gasteiger partial charge in [0.1, 0.15) is 5.75 Å². The summed E-state index contributed by atoms with van der Waals surface area (Å²) in [7, 11) is 3.31. The summed E-state index contributed by atoms with van der Waals surface area (Å²) < 4.78 is 10.0. The molecule has 16 heavy (non-hydrogen) atoms. The Morgan fingerprint density at radius 2 is 1.94 bits per heavy atom. The Bertz CT molecular complexity index is 290. The molecule has 0 amide bonds. The highest BCUT2D eigenvalue weighted by atomic mass is 35.5. The first-order chi connectivity index (χ1) is 7.76. The summed E-state index contributed by atoms with van der Waals surface area (Å²) in [6.45, 7) is 2.11. The number of rotatable bonds is 7. The predicted octanol–water partition coefficient (Wildman–Crippen LogP) is 2.04. The number of halogens is 1. The molecule has 0 radical (unpaired) electrons. The fraction of sp³-hybridized carbons (Fsp3) is 0.500. The number of benzene rings is 1. The highest BCUT2D eigenvalue weighted by Gasteiger charge is 2.02. The lowest BCUT2D eigenvalue weighted by Crippen LogP contribution is -2.25. The van der Waals surface area contributed by atoms with Crippen LogP contribution < -0.4 is 10.1 Å². The summed E-state index contributed by atoms with van der Waals surface area (Å²) in [4.78, 5) is 0. The molecule has 1 rings (SSSR count). The molecule has 0 aliphatic heterocycles. The van der Waals surface area contributed by atoms with Crippen LogP contribution >= 0.6 is 11.6 Å². The van der Waals surface area contributed by atoms with Crippen LogP contribution in [0.4, 0.5) is 0 Å². The first-order valence-electron chi connectivity index (χ1n) is 5.23. The zero-order valence-corrected chi connectivity index (χ0v) is 10.5. The monoisotopic (exact) mass is 243 g/mol. The van der Waals surface area contributed by atoms with E-state index in [1.165, 1.54) is 5.56 Å². The molecule has 0 aliphatic carbocycles. The predicted molar refractivity (Wildman–Crippen MR) is 66.2 cm³/mol. The van der Waals surface area contributed by atoms with Crippen LogP contribution in [0.15, 0.2) is 24.3 Å². The minimum absolute atomic E-state index is 0.0169. The molecular formula is C12H18ClNO2. The molecule has 0 saturated heterocycles. The Hall–Kier alpha value is -0.770. The van der Waals surface area contributed by atoms with E-state index in [0.717, 1.165) is 18.8 Å². The molecule has 0 heterocycles. The zero-order chi connectivity index (χ0) is 11.8. The fourth-order valence-corrected chi connectivity index (χ4v) is 1.59. The van der Waals surface area contributed by atoms with E-state index in [-0.39, 0.29) is 5.38 Å². The van der Waals surface area contributed by atoms with Crippen molar-refractivity contribution in [3.63, 3.8) is 0 Å². The molecule has 1 unspecified atom stereocenters. The Morgan fingerprint density at radius 3 is 2.50 bits per heavy atom. The highest BCUT2D eigenvalue weighted by Crippen LogP contribution is 2.10. The molecule has 4 heteroatoms. The summed E-state index contributed by atoms with van der Waals surface area (Å²) in [5.74, 6) is 0.873. The van der Waals surface area contributed by atoms with Crippen molar-refractivity contribution in [3.05, 3.63) is 29.8 Å². The van der Waals surface area contributed by atoms with Gasteiger partial charge in [-0.25, -0.2) is 0 Å². The maximum Gasteiger partial charge on any atom is 0.118 e. The van der Waals surface area contributed by atoms with Crippen molar-refractivity contribution < 1.29 is 9.47 Å². The van der Waals surface area contributed by atoms with Gasteiger partial charge in [0.2, 0.25) is 0 Å². The first kappa shape index (κ1) is 13.3. The van der Waals surface area contributed by atoms with Crippen molar-refractivity contribution in [3.8, 4) is 5.75 Å². The molecule has 1 N–H and O–H groups in total. The molecule has 1 aromatic rings. The molecule has 0 spiro atoms. The SMILES string of the molecule is COCC(Cl)CNCc1ccc(OC)cc1. The molecule has 0 aromatic heterocycles. The van der Waals surface area contributed by atoms with Crippen molar-refractivity contribution in [2.24, 2.45) is 0 Å². The van der Waals surface area contributed by atoms with E-state index in [1.807, 2.05) is 24.3 Å². The highest BCUT2D eigenvalue weighted by molar-refractivity contribution is 6.20. The molecule has 0 aliphatic rings. The van der Waals surface area contributed by atoms with Crippen LogP contribution in [0.1, 0.15) is 5.56 Å². The number of hydrogen-bond donors (Lipinski definition) is 1. The molecule has 3 nitrogen and oxygen atoms in total. The van der Waals surface area contributed by atoms with Crippen molar-refractivity contribution in [1.29, 1.82) is 0 Å². The normalized spacial score (nSPS) is 12.4. The van der Waals surface area contributed by atoms with Gasteiger partial charge in [0.25, 0.3) is 0 Å². The number of nitrogens with one attached hydrogen (secondary N) is 1. The molecular weight excluding hydrogens is 226 g/mol. The third kappa shape index (κ3) is 4.84. The van der Waals surface area contributed by atoms with Crippen LogP contribution in [0.2, 0.25) is 0 Å². The van der Waals surface area contributed by atoms with Crippen LogP contribution in [-0.4, -0.2) is 32.7 Å². The van der Waals surface area contributed by atoms with Crippen LogP contribution in [0.5, 0.6) is 5.75 Å². The van der Waals surface area contributed by atoms with Gasteiger partial charge >= 0.3 is 0 Å². The van der Waals surface area contributed by atoms with E-state index < -0.39 is 0 Å². The first-order valence-corrected chi connectivity index (χ1v) is 5.66. The van der Waals surface area contributed by atoms with E-state index in [9.17, 15) is 0 Å². The Morgan fingerprint density at radius 1 is 1.25 bits per heavy atom. The summed E-state index contributed by atoms with van der Waals surface area (Å²) in [5.41, 5.74) is 1.21. The van der Waals surface area contributed by atoms with Gasteiger partial charge in [-0.2, -0.15) is 0 Å². The van der Waals surface area contributed by atoms with Crippen molar-refractivity contribution in [2.45, 2.75) is 11.9 Å². The zero-order valence-electron chi connectivity index (χ0n) is 9.70. The smallest absolute Gasteiger partial charge is 0.118 e. The lowest BCUT2D eigenvalue weighted by Gasteiger charge is -2.10. The summed E-state index contributed by atoms with van der Waals surface area (Å²) in [6.07, 6.45) is 0. The number of methoxy groups -OCH3 is 2. The Balaban J connectivity index is 2.26. The minimum atomic E-state index is 0.0169. The second-order valence-corrected chi connectivity index (χ2v) is 4.15. The fourth-order valence-electron chi connectivity index (χ4n) is 1.36. The van der Waals surface area contributed by atoms with E-state index in [0.29, 0.717) is 6.61 Å². The van der Waals surface area contributed by atoms with Crippen LogP contribution in [-0.2, 0) is 11.3 Å². The minimum Gasteiger partial charge on any atom is -0.497 e. The van der Waals surface area contributed by atoms with Crippen molar-refractivity contribution >= 4 is 11.6 Å². The average Bonchev–Trinajstić information content (AvgIpc) is 2.30. The van der Waals surface area contributed by atoms with E-state index >= 15 is 0 Å². The van der Waals surface area contributed by atoms with Crippen LogP contribution in [0, 0.1) is 0 Å². The lowest BCUT2D eigenvalue weighted by atomic mass is 10.2. The second-order valence-electron chi connectivity index (χ2n) is 3.53. The molecule has 1 atom stereocenters. The topological polar surface area (TPSA) is 30.5 Å². The average molecular weight is 244 g/mol. The molecule has 0 saturated carbocycles. The molecule has 90 valence electrons. The van der Waals surface area contributed by atoms with Crippen LogP contribution in [0.25, 0.3) is 0 Å². The van der Waals surface area contributed by atoms with Gasteiger partial charge in [0, 0.05) is 20.2 Å². The molecule has 0 bridgehead atoms. The quantitative estimate of drug-likeness (QED) is 0.744. The number of hydrogen-bond acceptors (Lipinski definition) is 3. The molecule has 0 fully saturated rings. The van der Waals surface area contributed by atoms with Crippen molar-refractivity contribution in [1.82, 2.24) is 5.32 Å². The van der Waals surface area contributed by atoms with Crippen LogP contribution in [0.3, 0.4) is 0 Å². The third-order valence-corrected chi connectivity index (χ3v) is 2.48. The van der Waals surface area contributed by atoms with E-state index in [4.69, 9.17) is 21.1 Å². The van der Waals surface area contributed by atoms with Gasteiger partial charge in [-0.3, -0.25) is 0 Å².